The number of benzene rings is 1. The van der Waals surface area contributed by atoms with Gasteiger partial charge in [-0.3, -0.25) is 19.3 Å². The number of nitrogens with one attached hydrogen (secondary N) is 1. The minimum atomic E-state index is -0.390. The molecule has 3 aliphatic rings. The van der Waals surface area contributed by atoms with Crippen LogP contribution in [0.2, 0.25) is 0 Å². The summed E-state index contributed by atoms with van der Waals surface area (Å²) in [7, 11) is 0. The van der Waals surface area contributed by atoms with Gasteiger partial charge in [-0.05, 0) is 42.9 Å². The van der Waals surface area contributed by atoms with Gasteiger partial charge in [-0.2, -0.15) is 0 Å². The first-order chi connectivity index (χ1) is 12.0. The molecule has 3 amide bonds. The Balaban J connectivity index is 1.37. The van der Waals surface area contributed by atoms with Crippen molar-refractivity contribution < 1.29 is 18.8 Å². The number of halogens is 1. The van der Waals surface area contributed by atoms with E-state index < -0.39 is 5.82 Å². The van der Waals surface area contributed by atoms with Crippen LogP contribution in [0.15, 0.2) is 30.4 Å². The molecule has 1 aromatic rings. The number of anilines is 1. The van der Waals surface area contributed by atoms with Crippen molar-refractivity contribution >= 4 is 23.4 Å². The predicted octanol–water partition coefficient (Wildman–Crippen LogP) is 2.27. The van der Waals surface area contributed by atoms with Crippen LogP contribution in [0, 0.1) is 36.4 Å². The molecule has 2 fully saturated rings. The Morgan fingerprint density at radius 1 is 1.20 bits per heavy atom. The van der Waals surface area contributed by atoms with Crippen molar-refractivity contribution in [1.82, 2.24) is 4.90 Å². The summed E-state index contributed by atoms with van der Waals surface area (Å²) in [5.74, 6) is -1.18. The number of allylic oxidation sites excluding steroid dienone is 2. The predicted molar refractivity (Wildman–Crippen MR) is 88.8 cm³/mol. The van der Waals surface area contributed by atoms with Crippen LogP contribution in [0.5, 0.6) is 0 Å². The van der Waals surface area contributed by atoms with Crippen LogP contribution < -0.4 is 5.32 Å². The molecule has 25 heavy (non-hydrogen) atoms. The molecule has 0 aromatic heterocycles. The van der Waals surface area contributed by atoms with Crippen molar-refractivity contribution in [2.24, 2.45) is 23.7 Å². The molecule has 1 aromatic carbocycles. The molecule has 4 unspecified atom stereocenters. The van der Waals surface area contributed by atoms with Gasteiger partial charge in [-0.1, -0.05) is 18.2 Å². The Hall–Kier alpha value is -2.50. The molecule has 5 nitrogen and oxygen atoms in total. The number of aryl methyl sites for hydroxylation is 1. The lowest BCUT2D eigenvalue weighted by Crippen LogP contribution is -2.35. The third kappa shape index (κ3) is 2.56. The summed E-state index contributed by atoms with van der Waals surface area (Å²) in [6, 6.07) is 4.46. The van der Waals surface area contributed by atoms with Crippen LogP contribution in [0.3, 0.4) is 0 Å². The van der Waals surface area contributed by atoms with Crippen molar-refractivity contribution in [2.45, 2.75) is 19.8 Å². The number of carbonyl (C=O) groups is 3. The summed E-state index contributed by atoms with van der Waals surface area (Å²) >= 11 is 0. The highest BCUT2D eigenvalue weighted by atomic mass is 19.1. The van der Waals surface area contributed by atoms with E-state index in [1.807, 2.05) is 12.2 Å². The summed E-state index contributed by atoms with van der Waals surface area (Å²) in [6.07, 6.45) is 4.98. The van der Waals surface area contributed by atoms with Crippen molar-refractivity contribution in [3.8, 4) is 0 Å². The maximum atomic E-state index is 13.5. The SMILES string of the molecule is Cc1ccc(NC(=O)CCN2C(=O)C3C4C=CC(C4)C3C2=O)cc1F. The van der Waals surface area contributed by atoms with E-state index in [0.717, 1.165) is 6.42 Å². The highest BCUT2D eigenvalue weighted by Gasteiger charge is 2.58. The van der Waals surface area contributed by atoms with E-state index in [9.17, 15) is 18.8 Å². The first-order valence-corrected chi connectivity index (χ1v) is 8.55. The van der Waals surface area contributed by atoms with Gasteiger partial charge in [0.1, 0.15) is 5.82 Å². The third-order valence-electron chi connectivity index (χ3n) is 5.58. The maximum absolute atomic E-state index is 13.5. The molecule has 1 saturated carbocycles. The molecule has 4 rings (SSSR count). The van der Waals surface area contributed by atoms with E-state index >= 15 is 0 Å². The van der Waals surface area contributed by atoms with Gasteiger partial charge in [0.25, 0.3) is 0 Å². The lowest BCUT2D eigenvalue weighted by Gasteiger charge is -2.17. The number of rotatable bonds is 4. The number of hydrogen-bond donors (Lipinski definition) is 1. The van der Waals surface area contributed by atoms with Crippen LogP contribution in [-0.4, -0.2) is 29.2 Å². The van der Waals surface area contributed by atoms with Crippen molar-refractivity contribution in [3.05, 3.63) is 41.7 Å². The Kier molecular flexibility index (Phi) is 3.71. The molecule has 0 radical (unpaired) electrons. The molecule has 1 saturated heterocycles. The van der Waals surface area contributed by atoms with Crippen molar-refractivity contribution in [3.63, 3.8) is 0 Å². The number of hydrogen-bond acceptors (Lipinski definition) is 3. The number of nitrogens with zero attached hydrogens (tertiary/aromatic N) is 1. The van der Waals surface area contributed by atoms with Gasteiger partial charge in [-0.15, -0.1) is 0 Å². The largest absolute Gasteiger partial charge is 0.326 e. The maximum Gasteiger partial charge on any atom is 0.233 e. The molecule has 1 heterocycles. The van der Waals surface area contributed by atoms with Crippen LogP contribution in [0.4, 0.5) is 10.1 Å². The van der Waals surface area contributed by atoms with Gasteiger partial charge in [0.15, 0.2) is 0 Å². The van der Waals surface area contributed by atoms with Gasteiger partial charge in [0, 0.05) is 18.7 Å². The van der Waals surface area contributed by atoms with Gasteiger partial charge >= 0.3 is 0 Å². The average molecular weight is 342 g/mol. The van der Waals surface area contributed by atoms with Gasteiger partial charge in [0.2, 0.25) is 17.7 Å². The van der Waals surface area contributed by atoms with Crippen LogP contribution in [0.1, 0.15) is 18.4 Å². The fraction of sp³-hybridized carbons (Fsp3) is 0.421. The smallest absolute Gasteiger partial charge is 0.233 e. The Morgan fingerprint density at radius 2 is 1.84 bits per heavy atom. The molecule has 4 atom stereocenters. The Morgan fingerprint density at radius 3 is 2.44 bits per heavy atom. The first kappa shape index (κ1) is 16.0. The molecule has 1 aliphatic heterocycles. The fourth-order valence-electron chi connectivity index (χ4n) is 4.29. The topological polar surface area (TPSA) is 66.5 Å². The second-order valence-electron chi connectivity index (χ2n) is 7.09. The average Bonchev–Trinajstić information content (AvgIpc) is 3.24. The van der Waals surface area contributed by atoms with E-state index in [0.29, 0.717) is 11.3 Å². The summed E-state index contributed by atoms with van der Waals surface area (Å²) in [4.78, 5) is 38.4. The van der Waals surface area contributed by atoms with E-state index in [1.165, 1.54) is 11.0 Å². The Labute approximate surface area is 144 Å². The van der Waals surface area contributed by atoms with Crippen molar-refractivity contribution in [1.29, 1.82) is 0 Å². The number of amides is 3. The zero-order chi connectivity index (χ0) is 17.7. The zero-order valence-electron chi connectivity index (χ0n) is 13.9. The fourth-order valence-corrected chi connectivity index (χ4v) is 4.29. The quantitative estimate of drug-likeness (QED) is 0.674. The normalized spacial score (nSPS) is 29.4. The van der Waals surface area contributed by atoms with Gasteiger partial charge in [0.05, 0.1) is 11.8 Å². The number of carbonyl (C=O) groups excluding carboxylic acids is 3. The van der Waals surface area contributed by atoms with E-state index in [-0.39, 0.29) is 54.4 Å². The lowest BCUT2D eigenvalue weighted by atomic mass is 9.85. The molecular weight excluding hydrogens is 323 g/mol. The van der Waals surface area contributed by atoms with E-state index in [1.54, 1.807) is 19.1 Å². The standard InChI is InChI=1S/C19H19FN2O3/c1-10-2-5-13(9-14(10)20)21-15(23)6-7-22-18(24)16-11-3-4-12(8-11)17(16)19(22)25/h2-5,9,11-12,16-17H,6-8H2,1H3,(H,21,23). The van der Waals surface area contributed by atoms with Crippen molar-refractivity contribution in [2.75, 3.05) is 11.9 Å². The molecule has 1 N–H and O–H groups in total. The number of likely N-dealkylation sites (tertiary alicyclic amines) is 1. The zero-order valence-corrected chi connectivity index (χ0v) is 13.9. The molecule has 2 bridgehead atoms. The molecule has 130 valence electrons. The highest BCUT2D eigenvalue weighted by Crippen LogP contribution is 2.52. The first-order valence-electron chi connectivity index (χ1n) is 8.55. The summed E-state index contributed by atoms with van der Waals surface area (Å²) in [5, 5.41) is 2.60. The molecule has 2 aliphatic carbocycles. The van der Waals surface area contributed by atoms with Crippen LogP contribution in [0.25, 0.3) is 0 Å². The summed E-state index contributed by atoms with van der Waals surface area (Å²) in [6.45, 7) is 1.72. The van der Waals surface area contributed by atoms with Gasteiger partial charge in [-0.25, -0.2) is 4.39 Å². The minimum Gasteiger partial charge on any atom is -0.326 e. The van der Waals surface area contributed by atoms with Gasteiger partial charge < -0.3 is 5.32 Å². The van der Waals surface area contributed by atoms with E-state index in [2.05, 4.69) is 5.32 Å². The second kappa shape index (κ2) is 5.79. The molecule has 6 heteroatoms. The van der Waals surface area contributed by atoms with Crippen LogP contribution in [-0.2, 0) is 14.4 Å². The number of fused-ring (bicyclic) bond motifs is 5. The second-order valence-corrected chi connectivity index (χ2v) is 7.09. The summed E-state index contributed by atoms with van der Waals surface area (Å²) in [5.41, 5.74) is 0.868. The molecule has 0 spiro atoms. The third-order valence-corrected chi connectivity index (χ3v) is 5.58. The monoisotopic (exact) mass is 342 g/mol. The highest BCUT2D eigenvalue weighted by molar-refractivity contribution is 6.06. The van der Waals surface area contributed by atoms with E-state index in [4.69, 9.17) is 0 Å². The van der Waals surface area contributed by atoms with Crippen LogP contribution >= 0.6 is 0 Å². The lowest BCUT2D eigenvalue weighted by molar-refractivity contribution is -0.140. The minimum absolute atomic E-state index is 0.00910. The molecular formula is C19H19FN2O3. The Bertz CT molecular complexity index is 774. The summed E-state index contributed by atoms with van der Waals surface area (Å²) < 4.78 is 13.5. The number of imide groups is 1.